The van der Waals surface area contributed by atoms with Gasteiger partial charge in [-0.25, -0.2) is 0 Å². The number of carbonyl (C=O) groups is 2. The molecule has 5 nitrogen and oxygen atoms in total. The molecule has 2 aromatic rings. The molecule has 2 rings (SSSR count). The lowest BCUT2D eigenvalue weighted by Gasteiger charge is -2.19. The lowest BCUT2D eigenvalue weighted by Crippen LogP contribution is -2.33. The Morgan fingerprint density at radius 1 is 1.04 bits per heavy atom. The van der Waals surface area contributed by atoms with Gasteiger partial charge in [0.25, 0.3) is 5.91 Å². The van der Waals surface area contributed by atoms with E-state index in [-0.39, 0.29) is 12.5 Å². The first-order valence-corrected chi connectivity index (χ1v) is 7.68. The van der Waals surface area contributed by atoms with Crippen LogP contribution in [0.2, 0.25) is 0 Å². The second-order valence-electron chi connectivity index (χ2n) is 5.66. The summed E-state index contributed by atoms with van der Waals surface area (Å²) >= 11 is 0. The maximum Gasteiger partial charge on any atom is 0.325 e. The number of ether oxygens (including phenoxy) is 1. The zero-order valence-electron chi connectivity index (χ0n) is 14.4. The maximum absolute atomic E-state index is 12.6. The Labute approximate surface area is 142 Å². The second kappa shape index (κ2) is 7.64. The van der Waals surface area contributed by atoms with Gasteiger partial charge >= 0.3 is 5.97 Å². The molecule has 24 heavy (non-hydrogen) atoms. The van der Waals surface area contributed by atoms with E-state index in [1.165, 1.54) is 17.6 Å². The molecule has 0 spiro atoms. The van der Waals surface area contributed by atoms with E-state index < -0.39 is 5.97 Å². The first-order chi connectivity index (χ1) is 11.4. The molecule has 0 unspecified atom stereocenters. The largest absolute Gasteiger partial charge is 0.468 e. The fourth-order valence-corrected chi connectivity index (χ4v) is 2.35. The molecular formula is C19H22N2O3. The van der Waals surface area contributed by atoms with E-state index >= 15 is 0 Å². The molecule has 1 amide bonds. The average Bonchev–Trinajstić information content (AvgIpc) is 2.58. The van der Waals surface area contributed by atoms with Crippen LogP contribution in [0.25, 0.3) is 0 Å². The molecule has 126 valence electrons. The van der Waals surface area contributed by atoms with Gasteiger partial charge in [-0.05, 0) is 43.2 Å². The van der Waals surface area contributed by atoms with Crippen LogP contribution in [-0.2, 0) is 9.53 Å². The number of esters is 1. The number of para-hydroxylation sites is 1. The normalized spacial score (nSPS) is 10.2. The summed E-state index contributed by atoms with van der Waals surface area (Å²) in [5.74, 6) is -0.695. The summed E-state index contributed by atoms with van der Waals surface area (Å²) in [5, 5.41) is 3.32. The highest BCUT2D eigenvalue weighted by Crippen LogP contribution is 2.25. The van der Waals surface area contributed by atoms with Crippen molar-refractivity contribution in [3.8, 4) is 0 Å². The molecule has 5 heteroatoms. The van der Waals surface area contributed by atoms with Crippen LogP contribution in [0, 0.1) is 13.8 Å². The lowest BCUT2D eigenvalue weighted by atomic mass is 10.1. The summed E-state index contributed by atoms with van der Waals surface area (Å²) < 4.78 is 4.61. The Morgan fingerprint density at radius 3 is 2.42 bits per heavy atom. The van der Waals surface area contributed by atoms with Crippen molar-refractivity contribution in [3.63, 3.8) is 0 Å². The topological polar surface area (TPSA) is 58.6 Å². The number of benzene rings is 2. The van der Waals surface area contributed by atoms with Gasteiger partial charge in [0, 0.05) is 12.7 Å². The molecule has 0 saturated heterocycles. The number of carbonyl (C=O) groups excluding carboxylic acids is 2. The molecule has 1 N–H and O–H groups in total. The van der Waals surface area contributed by atoms with Crippen LogP contribution in [0.5, 0.6) is 0 Å². The van der Waals surface area contributed by atoms with E-state index in [0.717, 1.165) is 11.3 Å². The summed E-state index contributed by atoms with van der Waals surface area (Å²) in [6.45, 7) is 3.99. The van der Waals surface area contributed by atoms with Crippen molar-refractivity contribution in [2.45, 2.75) is 13.8 Å². The number of nitrogens with zero attached hydrogens (tertiary/aromatic N) is 1. The van der Waals surface area contributed by atoms with E-state index in [4.69, 9.17) is 0 Å². The van der Waals surface area contributed by atoms with Gasteiger partial charge in [-0.1, -0.05) is 24.3 Å². The number of amides is 1. The van der Waals surface area contributed by atoms with Crippen molar-refractivity contribution in [2.75, 3.05) is 26.0 Å². The molecule has 0 aliphatic carbocycles. The monoisotopic (exact) mass is 326 g/mol. The SMILES string of the molecule is COC(=O)CN(C)C(=O)c1ccccc1Nc1cccc(C)c1C. The Kier molecular flexibility index (Phi) is 5.58. The predicted molar refractivity (Wildman–Crippen MR) is 94.6 cm³/mol. The number of hydrogen-bond donors (Lipinski definition) is 1. The van der Waals surface area contributed by atoms with Crippen LogP contribution < -0.4 is 5.32 Å². The summed E-state index contributed by atoms with van der Waals surface area (Å²) in [7, 11) is 2.88. The number of anilines is 2. The molecule has 0 aliphatic rings. The number of nitrogens with one attached hydrogen (secondary N) is 1. The van der Waals surface area contributed by atoms with Gasteiger partial charge in [0.05, 0.1) is 18.4 Å². The van der Waals surface area contributed by atoms with Gasteiger partial charge in [-0.2, -0.15) is 0 Å². The molecule has 0 aliphatic heterocycles. The van der Waals surface area contributed by atoms with Crippen molar-refractivity contribution < 1.29 is 14.3 Å². The molecule has 0 aromatic heterocycles. The Hall–Kier alpha value is -2.82. The molecule has 0 saturated carbocycles. The maximum atomic E-state index is 12.6. The molecule has 0 bridgehead atoms. The molecule has 0 fully saturated rings. The van der Waals surface area contributed by atoms with E-state index in [0.29, 0.717) is 11.3 Å². The third-order valence-electron chi connectivity index (χ3n) is 3.97. The molecule has 0 atom stereocenters. The van der Waals surface area contributed by atoms with Crippen molar-refractivity contribution in [1.82, 2.24) is 4.90 Å². The highest BCUT2D eigenvalue weighted by molar-refractivity contribution is 6.01. The van der Waals surface area contributed by atoms with Crippen molar-refractivity contribution >= 4 is 23.3 Å². The van der Waals surface area contributed by atoms with Crippen molar-refractivity contribution in [2.24, 2.45) is 0 Å². The minimum Gasteiger partial charge on any atom is -0.468 e. The van der Waals surface area contributed by atoms with Gasteiger partial charge in [-0.15, -0.1) is 0 Å². The predicted octanol–water partition coefficient (Wildman–Crippen LogP) is 3.29. The number of likely N-dealkylation sites (N-methyl/N-ethyl adjacent to an activating group) is 1. The number of rotatable bonds is 5. The summed E-state index contributed by atoms with van der Waals surface area (Å²) in [4.78, 5) is 25.4. The van der Waals surface area contributed by atoms with Crippen molar-refractivity contribution in [1.29, 1.82) is 0 Å². The van der Waals surface area contributed by atoms with Gasteiger partial charge in [0.1, 0.15) is 6.54 Å². The number of aryl methyl sites for hydroxylation is 1. The van der Waals surface area contributed by atoms with Gasteiger partial charge in [0.2, 0.25) is 0 Å². The fourth-order valence-electron chi connectivity index (χ4n) is 2.35. The van der Waals surface area contributed by atoms with Gasteiger partial charge in [0.15, 0.2) is 0 Å². The van der Waals surface area contributed by atoms with E-state index in [1.807, 2.05) is 44.2 Å². The molecular weight excluding hydrogens is 304 g/mol. The number of methoxy groups -OCH3 is 1. The standard InChI is InChI=1S/C19H22N2O3/c1-13-8-7-11-16(14(13)2)20-17-10-6-5-9-15(17)19(23)21(3)12-18(22)24-4/h5-11,20H,12H2,1-4H3. The van der Waals surface area contributed by atoms with Crippen LogP contribution >= 0.6 is 0 Å². The molecule has 2 aromatic carbocycles. The Morgan fingerprint density at radius 2 is 1.71 bits per heavy atom. The quantitative estimate of drug-likeness (QED) is 0.857. The van der Waals surface area contributed by atoms with Crippen LogP contribution in [-0.4, -0.2) is 37.5 Å². The fraction of sp³-hybridized carbons (Fsp3) is 0.263. The minimum absolute atomic E-state index is 0.0901. The third-order valence-corrected chi connectivity index (χ3v) is 3.97. The van der Waals surface area contributed by atoms with E-state index in [2.05, 4.69) is 10.1 Å². The molecule has 0 heterocycles. The van der Waals surface area contributed by atoms with Crippen LogP contribution in [0.3, 0.4) is 0 Å². The zero-order valence-corrected chi connectivity index (χ0v) is 14.4. The van der Waals surface area contributed by atoms with E-state index in [9.17, 15) is 9.59 Å². The summed E-state index contributed by atoms with van der Waals surface area (Å²) in [6, 6.07) is 13.2. The highest BCUT2D eigenvalue weighted by atomic mass is 16.5. The van der Waals surface area contributed by atoms with Crippen LogP contribution in [0.15, 0.2) is 42.5 Å². The molecule has 0 radical (unpaired) electrons. The van der Waals surface area contributed by atoms with Gasteiger partial charge in [-0.3, -0.25) is 9.59 Å². The Bertz CT molecular complexity index is 756. The minimum atomic E-state index is -0.453. The summed E-state index contributed by atoms with van der Waals surface area (Å²) in [6.07, 6.45) is 0. The third kappa shape index (κ3) is 3.93. The van der Waals surface area contributed by atoms with Crippen LogP contribution in [0.4, 0.5) is 11.4 Å². The Balaban J connectivity index is 2.28. The van der Waals surface area contributed by atoms with Gasteiger partial charge < -0.3 is 15.0 Å². The first kappa shape index (κ1) is 17.5. The average molecular weight is 326 g/mol. The van der Waals surface area contributed by atoms with Crippen LogP contribution in [0.1, 0.15) is 21.5 Å². The second-order valence-corrected chi connectivity index (χ2v) is 5.66. The zero-order chi connectivity index (χ0) is 17.7. The van der Waals surface area contributed by atoms with Crippen molar-refractivity contribution in [3.05, 3.63) is 59.2 Å². The van der Waals surface area contributed by atoms with E-state index in [1.54, 1.807) is 19.2 Å². The first-order valence-electron chi connectivity index (χ1n) is 7.68. The highest BCUT2D eigenvalue weighted by Gasteiger charge is 2.18. The lowest BCUT2D eigenvalue weighted by molar-refractivity contribution is -0.141. The summed E-state index contributed by atoms with van der Waals surface area (Å²) in [5.41, 5.74) is 4.46. The smallest absolute Gasteiger partial charge is 0.325 e. The number of hydrogen-bond acceptors (Lipinski definition) is 4.